The van der Waals surface area contributed by atoms with Crippen molar-refractivity contribution >= 4 is 17.5 Å². The van der Waals surface area contributed by atoms with Crippen LogP contribution in [-0.4, -0.2) is 30.4 Å². The summed E-state index contributed by atoms with van der Waals surface area (Å²) in [6.07, 6.45) is 4.70. The zero-order valence-corrected chi connectivity index (χ0v) is 12.4. The van der Waals surface area contributed by atoms with E-state index in [9.17, 15) is 4.79 Å². The Morgan fingerprint density at radius 1 is 1.30 bits per heavy atom. The van der Waals surface area contributed by atoms with Crippen LogP contribution in [0.25, 0.3) is 0 Å². The number of hydrogen-bond acceptors (Lipinski definition) is 2. The topological polar surface area (TPSA) is 32.3 Å². The molecule has 1 saturated heterocycles. The summed E-state index contributed by atoms with van der Waals surface area (Å²) in [6.45, 7) is 2.29. The summed E-state index contributed by atoms with van der Waals surface area (Å²) in [5.41, 5.74) is 1.09. The lowest BCUT2D eigenvalue weighted by Gasteiger charge is -2.26. The van der Waals surface area contributed by atoms with Gasteiger partial charge in [-0.05, 0) is 49.8 Å². The smallest absolute Gasteiger partial charge is 0.237 e. The molecule has 1 aromatic carbocycles. The summed E-state index contributed by atoms with van der Waals surface area (Å²) >= 11 is 6.27. The Hall–Kier alpha value is -1.06. The number of halogens is 1. The van der Waals surface area contributed by atoms with Gasteiger partial charge in [0.15, 0.2) is 0 Å². The van der Waals surface area contributed by atoms with Gasteiger partial charge >= 0.3 is 0 Å². The number of hydrogen-bond donors (Lipinski definition) is 1. The van der Waals surface area contributed by atoms with Gasteiger partial charge in [0.05, 0.1) is 12.6 Å². The number of carbonyl (C=O) groups is 1. The largest absolute Gasteiger partial charge is 0.334 e. The van der Waals surface area contributed by atoms with Crippen molar-refractivity contribution < 1.29 is 4.79 Å². The van der Waals surface area contributed by atoms with Crippen molar-refractivity contribution in [1.29, 1.82) is 0 Å². The third-order valence-corrected chi connectivity index (χ3v) is 4.59. The molecule has 1 amide bonds. The van der Waals surface area contributed by atoms with Crippen molar-refractivity contribution in [2.45, 2.75) is 31.7 Å². The highest BCUT2D eigenvalue weighted by molar-refractivity contribution is 6.31. The monoisotopic (exact) mass is 292 g/mol. The van der Waals surface area contributed by atoms with Crippen molar-refractivity contribution in [3.05, 3.63) is 34.9 Å². The highest BCUT2D eigenvalue weighted by Gasteiger charge is 2.31. The lowest BCUT2D eigenvalue weighted by Crippen LogP contribution is -2.38. The molecule has 4 heteroatoms. The minimum absolute atomic E-state index is 0.152. The lowest BCUT2D eigenvalue weighted by atomic mass is 10.0. The van der Waals surface area contributed by atoms with E-state index >= 15 is 0 Å². The first-order valence-electron chi connectivity index (χ1n) is 7.50. The van der Waals surface area contributed by atoms with Crippen LogP contribution < -0.4 is 5.32 Å². The van der Waals surface area contributed by atoms with E-state index in [1.807, 2.05) is 29.2 Å². The molecule has 20 heavy (non-hydrogen) atoms. The zero-order chi connectivity index (χ0) is 13.9. The zero-order valence-electron chi connectivity index (χ0n) is 11.6. The van der Waals surface area contributed by atoms with Gasteiger partial charge in [-0.2, -0.15) is 0 Å². The van der Waals surface area contributed by atoms with Gasteiger partial charge in [-0.25, -0.2) is 0 Å². The standard InChI is InChI=1S/C16H21ClN2O/c17-14-5-2-1-4-13(14)15-6-3-9-19(15)16(20)11-18-10-12-7-8-12/h1-2,4-5,12,15,18H,3,6-11H2. The van der Waals surface area contributed by atoms with Gasteiger partial charge in [0.1, 0.15) is 0 Å². The maximum atomic E-state index is 12.4. The van der Waals surface area contributed by atoms with E-state index in [1.54, 1.807) is 0 Å². The van der Waals surface area contributed by atoms with Crippen molar-refractivity contribution in [1.82, 2.24) is 10.2 Å². The van der Waals surface area contributed by atoms with E-state index in [2.05, 4.69) is 5.32 Å². The summed E-state index contributed by atoms with van der Waals surface area (Å²) in [5, 5.41) is 4.05. The molecule has 2 fully saturated rings. The molecule has 0 aromatic heterocycles. The van der Waals surface area contributed by atoms with Crippen LogP contribution in [0.5, 0.6) is 0 Å². The molecule has 108 valence electrons. The molecular weight excluding hydrogens is 272 g/mol. The highest BCUT2D eigenvalue weighted by atomic mass is 35.5. The summed E-state index contributed by atoms with van der Waals surface area (Å²) < 4.78 is 0. The second-order valence-corrected chi connectivity index (χ2v) is 6.25. The predicted octanol–water partition coefficient (Wildman–Crippen LogP) is 3.00. The van der Waals surface area contributed by atoms with Crippen molar-refractivity contribution in [3.63, 3.8) is 0 Å². The molecule has 1 unspecified atom stereocenters. The van der Waals surface area contributed by atoms with E-state index in [0.29, 0.717) is 6.54 Å². The second-order valence-electron chi connectivity index (χ2n) is 5.84. The molecular formula is C16H21ClN2O. The number of nitrogens with zero attached hydrogens (tertiary/aromatic N) is 1. The van der Waals surface area contributed by atoms with Crippen LogP contribution in [0.1, 0.15) is 37.3 Å². The van der Waals surface area contributed by atoms with Crippen LogP contribution in [0.3, 0.4) is 0 Å². The number of nitrogens with one attached hydrogen (secondary N) is 1. The molecule has 0 bridgehead atoms. The fourth-order valence-electron chi connectivity index (χ4n) is 2.94. The first-order chi connectivity index (χ1) is 9.75. The van der Waals surface area contributed by atoms with Crippen LogP contribution in [0, 0.1) is 5.92 Å². The third kappa shape index (κ3) is 3.15. The second kappa shape index (κ2) is 6.15. The lowest BCUT2D eigenvalue weighted by molar-refractivity contribution is -0.131. The average molecular weight is 293 g/mol. The Kier molecular flexibility index (Phi) is 4.27. The Bertz CT molecular complexity index is 487. The first-order valence-corrected chi connectivity index (χ1v) is 7.88. The number of carbonyl (C=O) groups excluding carboxylic acids is 1. The number of rotatable bonds is 5. The van der Waals surface area contributed by atoms with E-state index in [0.717, 1.165) is 42.4 Å². The molecule has 1 aliphatic heterocycles. The van der Waals surface area contributed by atoms with E-state index < -0.39 is 0 Å². The number of amides is 1. The van der Waals surface area contributed by atoms with Crippen LogP contribution in [0.15, 0.2) is 24.3 Å². The van der Waals surface area contributed by atoms with Crippen LogP contribution in [0.2, 0.25) is 5.02 Å². The van der Waals surface area contributed by atoms with E-state index in [-0.39, 0.29) is 11.9 Å². The molecule has 1 N–H and O–H groups in total. The summed E-state index contributed by atoms with van der Waals surface area (Å²) in [5.74, 6) is 1.01. The molecule has 3 nitrogen and oxygen atoms in total. The quantitative estimate of drug-likeness (QED) is 0.905. The minimum Gasteiger partial charge on any atom is -0.334 e. The van der Waals surface area contributed by atoms with Gasteiger partial charge in [0.25, 0.3) is 0 Å². The number of benzene rings is 1. The summed E-state index contributed by atoms with van der Waals surface area (Å²) in [7, 11) is 0. The molecule has 1 heterocycles. The van der Waals surface area contributed by atoms with E-state index in [4.69, 9.17) is 11.6 Å². The molecule has 1 saturated carbocycles. The Labute approximate surface area is 125 Å². The highest BCUT2D eigenvalue weighted by Crippen LogP contribution is 2.35. The molecule has 2 aliphatic rings. The predicted molar refractivity (Wildman–Crippen MR) is 80.7 cm³/mol. The maximum absolute atomic E-state index is 12.4. The summed E-state index contributed by atoms with van der Waals surface area (Å²) in [4.78, 5) is 14.3. The molecule has 1 aromatic rings. The van der Waals surface area contributed by atoms with Gasteiger partial charge < -0.3 is 10.2 Å². The molecule has 0 spiro atoms. The Balaban J connectivity index is 1.62. The molecule has 1 aliphatic carbocycles. The SMILES string of the molecule is O=C(CNCC1CC1)N1CCCC1c1ccccc1Cl. The normalized spacial score (nSPS) is 22.2. The van der Waals surface area contributed by atoms with Crippen LogP contribution in [-0.2, 0) is 4.79 Å². The Morgan fingerprint density at radius 2 is 2.10 bits per heavy atom. The third-order valence-electron chi connectivity index (χ3n) is 4.24. The van der Waals surface area contributed by atoms with Crippen molar-refractivity contribution in [2.75, 3.05) is 19.6 Å². The van der Waals surface area contributed by atoms with Gasteiger partial charge in [0, 0.05) is 11.6 Å². The average Bonchev–Trinajstić information content (AvgIpc) is 3.14. The van der Waals surface area contributed by atoms with Gasteiger partial charge in [-0.1, -0.05) is 29.8 Å². The van der Waals surface area contributed by atoms with E-state index in [1.165, 1.54) is 12.8 Å². The molecule has 3 rings (SSSR count). The first kappa shape index (κ1) is 13.9. The Morgan fingerprint density at radius 3 is 2.85 bits per heavy atom. The fraction of sp³-hybridized carbons (Fsp3) is 0.562. The fourth-order valence-corrected chi connectivity index (χ4v) is 3.20. The van der Waals surface area contributed by atoms with Crippen molar-refractivity contribution in [2.24, 2.45) is 5.92 Å². The summed E-state index contributed by atoms with van der Waals surface area (Å²) in [6, 6.07) is 8.02. The van der Waals surface area contributed by atoms with Crippen LogP contribution in [0.4, 0.5) is 0 Å². The minimum atomic E-state index is 0.152. The molecule has 0 radical (unpaired) electrons. The van der Waals surface area contributed by atoms with Gasteiger partial charge in [0.2, 0.25) is 5.91 Å². The number of likely N-dealkylation sites (tertiary alicyclic amines) is 1. The van der Waals surface area contributed by atoms with Crippen LogP contribution >= 0.6 is 11.6 Å². The molecule has 1 atom stereocenters. The maximum Gasteiger partial charge on any atom is 0.237 e. The van der Waals surface area contributed by atoms with Gasteiger partial charge in [-0.3, -0.25) is 4.79 Å². The van der Waals surface area contributed by atoms with Crippen molar-refractivity contribution in [3.8, 4) is 0 Å². The van der Waals surface area contributed by atoms with Gasteiger partial charge in [-0.15, -0.1) is 0 Å².